The first-order valence-corrected chi connectivity index (χ1v) is 11.4. The molecule has 0 amide bonds. The molecule has 0 fully saturated rings. The van der Waals surface area contributed by atoms with Crippen LogP contribution in [-0.2, 0) is 5.41 Å². The van der Waals surface area contributed by atoms with E-state index in [0.717, 1.165) is 11.6 Å². The minimum absolute atomic E-state index is 0.0604. The predicted molar refractivity (Wildman–Crippen MR) is 126 cm³/mol. The van der Waals surface area contributed by atoms with Gasteiger partial charge in [-0.1, -0.05) is 39.8 Å². The smallest absolute Gasteiger partial charge is 0.419 e. The molecule has 35 heavy (non-hydrogen) atoms. The monoisotopic (exact) mass is 491 g/mol. The van der Waals surface area contributed by atoms with E-state index in [1.54, 1.807) is 32.9 Å². The van der Waals surface area contributed by atoms with E-state index >= 15 is 0 Å². The van der Waals surface area contributed by atoms with Crippen molar-refractivity contribution in [3.63, 3.8) is 0 Å². The molecule has 9 heteroatoms. The molecule has 1 heterocycles. The third-order valence-electron chi connectivity index (χ3n) is 6.80. The number of nitrogens with one attached hydrogen (secondary N) is 1. The van der Waals surface area contributed by atoms with Crippen LogP contribution in [0.5, 0.6) is 5.75 Å². The van der Waals surface area contributed by atoms with Gasteiger partial charge in [0.15, 0.2) is 5.60 Å². The summed E-state index contributed by atoms with van der Waals surface area (Å²) in [5.74, 6) is 0.296. The Bertz CT molecular complexity index is 1280. The summed E-state index contributed by atoms with van der Waals surface area (Å²) >= 11 is 0. The summed E-state index contributed by atoms with van der Waals surface area (Å²) in [5, 5.41) is 14.5. The number of methoxy groups -OCH3 is 1. The first-order valence-electron chi connectivity index (χ1n) is 11.4. The SMILES string of the molecule is COc1c(C(C)C)ccc2c1C(C)(C)CC(O)(C(F)(F)F)C2Nc1cc(F)cc2nc(C)ncc12. The molecule has 0 spiro atoms. The largest absolute Gasteiger partial charge is 0.496 e. The van der Waals surface area contributed by atoms with Gasteiger partial charge in [0.05, 0.1) is 18.7 Å². The fourth-order valence-electron chi connectivity index (χ4n) is 5.28. The lowest BCUT2D eigenvalue weighted by Crippen LogP contribution is -2.58. The minimum Gasteiger partial charge on any atom is -0.496 e. The maximum absolute atomic E-state index is 14.5. The number of fused-ring (bicyclic) bond motifs is 2. The molecular weight excluding hydrogens is 462 g/mol. The summed E-state index contributed by atoms with van der Waals surface area (Å²) in [6.07, 6.45) is -4.16. The Kier molecular flexibility index (Phi) is 5.99. The third-order valence-corrected chi connectivity index (χ3v) is 6.80. The second kappa shape index (κ2) is 8.33. The summed E-state index contributed by atoms with van der Waals surface area (Å²) < 4.78 is 63.8. The number of aromatic nitrogens is 2. The Morgan fingerprint density at radius 3 is 2.49 bits per heavy atom. The van der Waals surface area contributed by atoms with Gasteiger partial charge in [-0.2, -0.15) is 13.2 Å². The molecule has 0 radical (unpaired) electrons. The third kappa shape index (κ3) is 4.09. The van der Waals surface area contributed by atoms with Crippen molar-refractivity contribution in [1.82, 2.24) is 9.97 Å². The second-order valence-electron chi connectivity index (χ2n) is 10.2. The van der Waals surface area contributed by atoms with Crippen molar-refractivity contribution < 1.29 is 27.4 Å². The number of alkyl halides is 3. The maximum Gasteiger partial charge on any atom is 0.419 e. The van der Waals surface area contributed by atoms with Gasteiger partial charge in [0.1, 0.15) is 17.4 Å². The minimum atomic E-state index is -4.97. The highest BCUT2D eigenvalue weighted by atomic mass is 19.4. The van der Waals surface area contributed by atoms with Crippen molar-refractivity contribution in [1.29, 1.82) is 0 Å². The Morgan fingerprint density at radius 2 is 1.89 bits per heavy atom. The van der Waals surface area contributed by atoms with Gasteiger partial charge in [-0.25, -0.2) is 14.4 Å². The van der Waals surface area contributed by atoms with Crippen LogP contribution in [0.25, 0.3) is 10.9 Å². The standard InChI is InChI=1S/C26H29F4N3O2/c1-13(2)16-7-8-17-21(22(16)35-6)24(4,5)12-25(34,26(28,29)30)23(17)33-20-10-15(27)9-19-18(20)11-31-14(3)32-19/h7-11,13,23,33-34H,12H2,1-6H3. The molecule has 4 rings (SSSR count). The number of aliphatic hydroxyl groups is 1. The number of benzene rings is 2. The number of rotatable bonds is 4. The van der Waals surface area contributed by atoms with E-state index in [2.05, 4.69) is 15.3 Å². The molecule has 0 saturated carbocycles. The molecule has 1 aliphatic carbocycles. The highest BCUT2D eigenvalue weighted by molar-refractivity contribution is 5.91. The van der Waals surface area contributed by atoms with E-state index in [1.807, 2.05) is 13.8 Å². The Balaban J connectivity index is 2.00. The Hall–Kier alpha value is -2.94. The molecule has 2 aromatic carbocycles. The van der Waals surface area contributed by atoms with Crippen LogP contribution in [0.1, 0.15) is 68.6 Å². The van der Waals surface area contributed by atoms with Crippen LogP contribution in [0.2, 0.25) is 0 Å². The van der Waals surface area contributed by atoms with E-state index in [4.69, 9.17) is 4.74 Å². The number of anilines is 1. The zero-order valence-corrected chi connectivity index (χ0v) is 20.5. The fourth-order valence-corrected chi connectivity index (χ4v) is 5.28. The summed E-state index contributed by atoms with van der Waals surface area (Å²) in [7, 11) is 1.49. The van der Waals surface area contributed by atoms with Gasteiger partial charge < -0.3 is 15.2 Å². The highest BCUT2D eigenvalue weighted by Crippen LogP contribution is 2.57. The number of ether oxygens (including phenoxy) is 1. The van der Waals surface area contributed by atoms with E-state index in [0.29, 0.717) is 22.5 Å². The quantitative estimate of drug-likeness (QED) is 0.417. The first-order chi connectivity index (χ1) is 16.2. The van der Waals surface area contributed by atoms with E-state index < -0.39 is 35.5 Å². The molecule has 3 aromatic rings. The molecule has 0 saturated heterocycles. The number of halogens is 4. The van der Waals surface area contributed by atoms with Crippen LogP contribution in [0, 0.1) is 12.7 Å². The van der Waals surface area contributed by atoms with Crippen molar-refractivity contribution in [3.05, 3.63) is 58.8 Å². The van der Waals surface area contributed by atoms with Gasteiger partial charge in [-0.05, 0) is 41.9 Å². The van der Waals surface area contributed by atoms with Crippen LogP contribution < -0.4 is 10.1 Å². The lowest BCUT2D eigenvalue weighted by Gasteiger charge is -2.49. The van der Waals surface area contributed by atoms with Crippen molar-refractivity contribution in [2.24, 2.45) is 0 Å². The molecule has 188 valence electrons. The van der Waals surface area contributed by atoms with Crippen molar-refractivity contribution >= 4 is 16.6 Å². The van der Waals surface area contributed by atoms with Gasteiger partial charge in [0.25, 0.3) is 0 Å². The lowest BCUT2D eigenvalue weighted by atomic mass is 9.62. The zero-order chi connectivity index (χ0) is 25.9. The van der Waals surface area contributed by atoms with E-state index in [1.165, 1.54) is 19.4 Å². The molecule has 1 aliphatic rings. The molecule has 2 N–H and O–H groups in total. The molecule has 5 nitrogen and oxygen atoms in total. The summed E-state index contributed by atoms with van der Waals surface area (Å²) in [4.78, 5) is 8.33. The van der Waals surface area contributed by atoms with Gasteiger partial charge in [-0.3, -0.25) is 0 Å². The topological polar surface area (TPSA) is 67.3 Å². The second-order valence-corrected chi connectivity index (χ2v) is 10.2. The van der Waals surface area contributed by atoms with Crippen LogP contribution in [0.3, 0.4) is 0 Å². The average molecular weight is 492 g/mol. The highest BCUT2D eigenvalue weighted by Gasteiger charge is 2.64. The zero-order valence-electron chi connectivity index (χ0n) is 20.5. The molecule has 2 unspecified atom stereocenters. The van der Waals surface area contributed by atoms with Crippen LogP contribution in [0.4, 0.5) is 23.2 Å². The van der Waals surface area contributed by atoms with E-state index in [-0.39, 0.29) is 22.7 Å². The average Bonchev–Trinajstić information content (AvgIpc) is 2.73. The van der Waals surface area contributed by atoms with Crippen molar-refractivity contribution in [3.8, 4) is 5.75 Å². The molecule has 0 bridgehead atoms. The molecule has 1 aromatic heterocycles. The molecule has 0 aliphatic heterocycles. The summed E-state index contributed by atoms with van der Waals surface area (Å²) in [6.45, 7) is 8.92. The Morgan fingerprint density at radius 1 is 1.20 bits per heavy atom. The van der Waals surface area contributed by atoms with Crippen molar-refractivity contribution in [2.45, 2.75) is 70.2 Å². The van der Waals surface area contributed by atoms with Crippen LogP contribution in [-0.4, -0.2) is 34.0 Å². The summed E-state index contributed by atoms with van der Waals surface area (Å²) in [6, 6.07) is 3.99. The number of nitrogens with zero attached hydrogens (tertiary/aromatic N) is 2. The molecular formula is C26H29F4N3O2. The predicted octanol–water partition coefficient (Wildman–Crippen LogP) is 6.34. The normalized spacial score (nSPS) is 21.8. The van der Waals surface area contributed by atoms with Gasteiger partial charge >= 0.3 is 6.18 Å². The van der Waals surface area contributed by atoms with Crippen molar-refractivity contribution in [2.75, 3.05) is 12.4 Å². The van der Waals surface area contributed by atoms with Crippen LogP contribution in [0.15, 0.2) is 30.5 Å². The number of aryl methyl sites for hydroxylation is 1. The van der Waals surface area contributed by atoms with Gasteiger partial charge in [0, 0.05) is 28.9 Å². The van der Waals surface area contributed by atoms with Crippen LogP contribution >= 0.6 is 0 Å². The fraction of sp³-hybridized carbons (Fsp3) is 0.462. The maximum atomic E-state index is 14.5. The number of hydrogen-bond acceptors (Lipinski definition) is 5. The first kappa shape index (κ1) is 25.2. The molecule has 2 atom stereocenters. The Labute approximate surface area is 201 Å². The van der Waals surface area contributed by atoms with Gasteiger partial charge in [-0.15, -0.1) is 0 Å². The number of hydrogen-bond donors (Lipinski definition) is 2. The van der Waals surface area contributed by atoms with E-state index in [9.17, 15) is 22.7 Å². The lowest BCUT2D eigenvalue weighted by molar-refractivity contribution is -0.275. The summed E-state index contributed by atoms with van der Waals surface area (Å²) in [5.41, 5.74) is -2.21. The van der Waals surface area contributed by atoms with Gasteiger partial charge in [0.2, 0.25) is 0 Å².